The Kier molecular flexibility index (Phi) is 5.31. The van der Waals surface area contributed by atoms with E-state index in [1.807, 2.05) is 4.72 Å². The van der Waals surface area contributed by atoms with Crippen LogP contribution in [0.25, 0.3) is 0 Å². The molecule has 0 amide bonds. The van der Waals surface area contributed by atoms with E-state index in [0.29, 0.717) is 6.07 Å². The van der Waals surface area contributed by atoms with Crippen LogP contribution in [0, 0.1) is 0 Å². The van der Waals surface area contributed by atoms with Crippen LogP contribution in [0.2, 0.25) is 10.0 Å². The molecule has 0 spiro atoms. The smallest absolute Gasteiger partial charge is 0.416 e. The van der Waals surface area contributed by atoms with E-state index in [0.717, 1.165) is 31.4 Å². The second-order valence-corrected chi connectivity index (χ2v) is 7.25. The van der Waals surface area contributed by atoms with Crippen LogP contribution in [0.3, 0.4) is 0 Å². The molecule has 0 saturated heterocycles. The first-order valence-corrected chi connectivity index (χ1v) is 8.65. The number of aromatic hydroxyl groups is 1. The molecule has 0 aliphatic heterocycles. The van der Waals surface area contributed by atoms with Crippen molar-refractivity contribution in [3.8, 4) is 11.5 Å². The van der Waals surface area contributed by atoms with Crippen molar-refractivity contribution >= 4 is 38.9 Å². The predicted molar refractivity (Wildman–Crippen MR) is 86.9 cm³/mol. The number of alkyl halides is 3. The zero-order valence-corrected chi connectivity index (χ0v) is 14.7. The van der Waals surface area contributed by atoms with Crippen LogP contribution >= 0.6 is 23.2 Å². The number of phenolic OH excluding ortho intramolecular Hbond substituents is 1. The van der Waals surface area contributed by atoms with Crippen LogP contribution in [-0.2, 0) is 16.2 Å². The van der Waals surface area contributed by atoms with Gasteiger partial charge in [-0.2, -0.15) is 13.2 Å². The molecule has 0 unspecified atom stereocenters. The number of rotatable bonds is 4. The van der Waals surface area contributed by atoms with Gasteiger partial charge in [-0.1, -0.05) is 23.2 Å². The number of phenols is 1. The minimum atomic E-state index is -4.69. The van der Waals surface area contributed by atoms with Crippen molar-refractivity contribution in [3.63, 3.8) is 0 Å². The highest BCUT2D eigenvalue weighted by molar-refractivity contribution is 7.92. The molecule has 0 atom stereocenters. The van der Waals surface area contributed by atoms with Crippen molar-refractivity contribution in [1.29, 1.82) is 0 Å². The first-order valence-electron chi connectivity index (χ1n) is 6.42. The Morgan fingerprint density at radius 1 is 1.16 bits per heavy atom. The molecule has 0 heterocycles. The summed E-state index contributed by atoms with van der Waals surface area (Å²) < 4.78 is 70.2. The van der Waals surface area contributed by atoms with Crippen LogP contribution in [0.4, 0.5) is 18.9 Å². The minimum absolute atomic E-state index is 0.0841. The van der Waals surface area contributed by atoms with E-state index in [4.69, 9.17) is 27.9 Å². The van der Waals surface area contributed by atoms with Gasteiger partial charge in [0.15, 0.2) is 5.75 Å². The molecule has 0 fully saturated rings. The Hall–Kier alpha value is -1.84. The molecule has 0 saturated carbocycles. The maximum atomic E-state index is 12.8. The van der Waals surface area contributed by atoms with Gasteiger partial charge in [-0.25, -0.2) is 8.42 Å². The maximum Gasteiger partial charge on any atom is 0.416 e. The fourth-order valence-corrected chi connectivity index (χ4v) is 3.73. The Morgan fingerprint density at radius 2 is 1.80 bits per heavy atom. The van der Waals surface area contributed by atoms with E-state index in [1.165, 1.54) is 0 Å². The van der Waals surface area contributed by atoms with Crippen molar-refractivity contribution in [1.82, 2.24) is 0 Å². The molecule has 2 rings (SSSR count). The molecule has 0 aromatic heterocycles. The largest absolute Gasteiger partial charge is 0.505 e. The quantitative estimate of drug-likeness (QED) is 0.768. The van der Waals surface area contributed by atoms with Crippen molar-refractivity contribution in [2.45, 2.75) is 11.1 Å². The number of sulfonamides is 1. The van der Waals surface area contributed by atoms with Crippen LogP contribution in [0.15, 0.2) is 35.2 Å². The van der Waals surface area contributed by atoms with Gasteiger partial charge in [-0.05, 0) is 30.3 Å². The zero-order valence-electron chi connectivity index (χ0n) is 12.4. The lowest BCUT2D eigenvalue weighted by Gasteiger charge is -2.15. The second kappa shape index (κ2) is 6.81. The number of anilines is 1. The van der Waals surface area contributed by atoms with E-state index < -0.39 is 38.1 Å². The van der Waals surface area contributed by atoms with E-state index in [-0.39, 0.29) is 15.8 Å². The minimum Gasteiger partial charge on any atom is -0.505 e. The summed E-state index contributed by atoms with van der Waals surface area (Å²) in [6, 6.07) is 4.29. The number of halogens is 5. The molecule has 25 heavy (non-hydrogen) atoms. The summed E-state index contributed by atoms with van der Waals surface area (Å²) >= 11 is 11.4. The first kappa shape index (κ1) is 19.5. The summed E-state index contributed by atoms with van der Waals surface area (Å²) in [6.07, 6.45) is -4.69. The number of nitrogens with one attached hydrogen (secondary N) is 1. The Balaban J connectivity index is 2.55. The third-order valence-corrected chi connectivity index (χ3v) is 4.94. The lowest BCUT2D eigenvalue weighted by Crippen LogP contribution is -2.15. The summed E-state index contributed by atoms with van der Waals surface area (Å²) in [7, 11) is -3.34. The standard InChI is InChI=1S/C14H10Cl2F3NO4S/c1-24-11-3-2-7(14(17,18)19)4-10(11)20-25(22,23)12-6-8(15)5-9(16)13(12)21/h2-6,20-21H,1H3. The highest BCUT2D eigenvalue weighted by Gasteiger charge is 2.32. The topological polar surface area (TPSA) is 75.6 Å². The van der Waals surface area contributed by atoms with Crippen molar-refractivity contribution in [3.05, 3.63) is 45.9 Å². The zero-order chi connectivity index (χ0) is 19.0. The van der Waals surface area contributed by atoms with Crippen LogP contribution in [0.1, 0.15) is 5.56 Å². The summed E-state index contributed by atoms with van der Waals surface area (Å²) in [5.41, 5.74) is -1.55. The maximum absolute atomic E-state index is 12.8. The fourth-order valence-electron chi connectivity index (χ4n) is 1.91. The highest BCUT2D eigenvalue weighted by Crippen LogP contribution is 2.38. The molecule has 2 N–H and O–H groups in total. The third-order valence-electron chi connectivity index (χ3n) is 3.05. The molecule has 11 heteroatoms. The predicted octanol–water partition coefficient (Wildman–Crippen LogP) is 4.53. The molecule has 0 aliphatic carbocycles. The van der Waals surface area contributed by atoms with Gasteiger partial charge in [-0.3, -0.25) is 4.72 Å². The molecular formula is C14H10Cl2F3NO4S. The number of methoxy groups -OCH3 is 1. The van der Waals surface area contributed by atoms with Gasteiger partial charge in [0.05, 0.1) is 23.4 Å². The second-order valence-electron chi connectivity index (χ2n) is 4.75. The lowest BCUT2D eigenvalue weighted by molar-refractivity contribution is -0.137. The van der Waals surface area contributed by atoms with Gasteiger partial charge >= 0.3 is 6.18 Å². The number of hydrogen-bond donors (Lipinski definition) is 2. The molecule has 0 radical (unpaired) electrons. The van der Waals surface area contributed by atoms with Gasteiger partial charge in [0, 0.05) is 5.02 Å². The molecule has 0 bridgehead atoms. The average molecular weight is 416 g/mol. The van der Waals surface area contributed by atoms with Gasteiger partial charge in [0.2, 0.25) is 0 Å². The van der Waals surface area contributed by atoms with E-state index in [9.17, 15) is 26.7 Å². The van der Waals surface area contributed by atoms with E-state index in [2.05, 4.69) is 0 Å². The SMILES string of the molecule is COc1ccc(C(F)(F)F)cc1NS(=O)(=O)c1cc(Cl)cc(Cl)c1O. The molecule has 5 nitrogen and oxygen atoms in total. The van der Waals surface area contributed by atoms with Crippen LogP contribution in [-0.4, -0.2) is 20.6 Å². The lowest BCUT2D eigenvalue weighted by atomic mass is 10.2. The Morgan fingerprint density at radius 3 is 2.36 bits per heavy atom. The first-order chi connectivity index (χ1) is 11.5. The summed E-state index contributed by atoms with van der Waals surface area (Å²) in [6.45, 7) is 0. The third kappa shape index (κ3) is 4.23. The highest BCUT2D eigenvalue weighted by atomic mass is 35.5. The molecule has 2 aromatic rings. The molecule has 2 aromatic carbocycles. The molecular weight excluding hydrogens is 406 g/mol. The van der Waals surface area contributed by atoms with E-state index in [1.54, 1.807) is 0 Å². The van der Waals surface area contributed by atoms with Gasteiger partial charge in [0.25, 0.3) is 10.0 Å². The van der Waals surface area contributed by atoms with Crippen molar-refractivity contribution in [2.24, 2.45) is 0 Å². The van der Waals surface area contributed by atoms with Crippen molar-refractivity contribution < 1.29 is 31.4 Å². The van der Waals surface area contributed by atoms with Crippen LogP contribution < -0.4 is 9.46 Å². The van der Waals surface area contributed by atoms with Crippen molar-refractivity contribution in [2.75, 3.05) is 11.8 Å². The van der Waals surface area contributed by atoms with Gasteiger partial charge in [-0.15, -0.1) is 0 Å². The summed E-state index contributed by atoms with van der Waals surface area (Å²) in [5, 5.41) is 9.41. The van der Waals surface area contributed by atoms with Crippen LogP contribution in [0.5, 0.6) is 11.5 Å². The number of ether oxygens (including phenoxy) is 1. The van der Waals surface area contributed by atoms with E-state index >= 15 is 0 Å². The monoisotopic (exact) mass is 415 g/mol. The average Bonchev–Trinajstić information content (AvgIpc) is 2.49. The Bertz CT molecular complexity index is 917. The normalized spacial score (nSPS) is 12.1. The van der Waals surface area contributed by atoms with Gasteiger partial charge < -0.3 is 9.84 Å². The fraction of sp³-hybridized carbons (Fsp3) is 0.143. The number of hydrogen-bond acceptors (Lipinski definition) is 4. The molecule has 0 aliphatic rings. The summed E-state index contributed by atoms with van der Waals surface area (Å²) in [5.74, 6) is -0.936. The number of benzene rings is 2. The Labute approximate surface area is 151 Å². The molecule has 136 valence electrons. The summed E-state index contributed by atoms with van der Waals surface area (Å²) in [4.78, 5) is -0.690. The van der Waals surface area contributed by atoms with Gasteiger partial charge in [0.1, 0.15) is 10.6 Å².